The van der Waals surface area contributed by atoms with Crippen LogP contribution in [0.3, 0.4) is 0 Å². The summed E-state index contributed by atoms with van der Waals surface area (Å²) in [7, 11) is 3.41. The fourth-order valence-corrected chi connectivity index (χ4v) is 1.50. The Balaban J connectivity index is 2.48. The Kier molecular flexibility index (Phi) is 5.88. The van der Waals surface area contributed by atoms with Gasteiger partial charge >= 0.3 is 0 Å². The van der Waals surface area contributed by atoms with E-state index in [0.29, 0.717) is 12.6 Å². The molecule has 1 N–H and O–H groups in total. The fourth-order valence-electron chi connectivity index (χ4n) is 1.50. The average Bonchev–Trinajstić information content (AvgIpc) is 2.74. The molecule has 0 aliphatic heterocycles. The highest BCUT2D eigenvalue weighted by Crippen LogP contribution is 2.16. The largest absolute Gasteiger partial charge is 0.385 e. The van der Waals surface area contributed by atoms with Crippen LogP contribution in [-0.2, 0) is 9.47 Å². The molecule has 0 bridgehead atoms. The second kappa shape index (κ2) is 7.24. The minimum atomic E-state index is 0.382. The van der Waals surface area contributed by atoms with Crippen LogP contribution in [0.15, 0.2) is 12.4 Å². The molecule has 0 fully saturated rings. The van der Waals surface area contributed by atoms with Gasteiger partial charge in [-0.2, -0.15) is 0 Å². The average molecular weight is 227 g/mol. The summed E-state index contributed by atoms with van der Waals surface area (Å²) in [5, 5.41) is 3.24. The maximum absolute atomic E-state index is 5.07. The van der Waals surface area contributed by atoms with Crippen LogP contribution < -0.4 is 5.32 Å². The van der Waals surface area contributed by atoms with Crippen LogP contribution in [-0.4, -0.2) is 43.5 Å². The third-order valence-corrected chi connectivity index (χ3v) is 2.47. The molecule has 5 nitrogen and oxygen atoms in total. The number of methoxy groups -OCH3 is 2. The zero-order valence-electron chi connectivity index (χ0n) is 10.3. The molecule has 0 aliphatic carbocycles. The van der Waals surface area contributed by atoms with Crippen molar-refractivity contribution < 1.29 is 9.47 Å². The van der Waals surface area contributed by atoms with Gasteiger partial charge in [-0.25, -0.2) is 4.98 Å². The van der Waals surface area contributed by atoms with Crippen molar-refractivity contribution in [1.82, 2.24) is 9.55 Å². The first-order valence-electron chi connectivity index (χ1n) is 5.54. The van der Waals surface area contributed by atoms with Gasteiger partial charge in [0.25, 0.3) is 0 Å². The van der Waals surface area contributed by atoms with Crippen LogP contribution in [0, 0.1) is 0 Å². The van der Waals surface area contributed by atoms with E-state index < -0.39 is 0 Å². The lowest BCUT2D eigenvalue weighted by Crippen LogP contribution is -2.15. The van der Waals surface area contributed by atoms with Crippen LogP contribution in [0.25, 0.3) is 0 Å². The quantitative estimate of drug-likeness (QED) is 0.684. The lowest BCUT2D eigenvalue weighted by atomic mass is 10.2. The summed E-state index contributed by atoms with van der Waals surface area (Å²) in [4.78, 5) is 4.27. The molecule has 0 aliphatic rings. The Morgan fingerprint density at radius 2 is 2.12 bits per heavy atom. The van der Waals surface area contributed by atoms with Gasteiger partial charge in [-0.15, -0.1) is 0 Å². The maximum Gasteiger partial charge on any atom is 0.203 e. The smallest absolute Gasteiger partial charge is 0.203 e. The molecular weight excluding hydrogens is 206 g/mol. The van der Waals surface area contributed by atoms with Gasteiger partial charge in [0.2, 0.25) is 5.95 Å². The number of nitrogens with one attached hydrogen (secondary N) is 1. The van der Waals surface area contributed by atoms with Gasteiger partial charge in [-0.1, -0.05) is 0 Å². The third-order valence-electron chi connectivity index (χ3n) is 2.47. The summed E-state index contributed by atoms with van der Waals surface area (Å²) < 4.78 is 12.2. The number of nitrogens with zero attached hydrogens (tertiary/aromatic N) is 2. The molecule has 1 aromatic heterocycles. The Labute approximate surface area is 96.8 Å². The molecule has 1 aromatic rings. The predicted molar refractivity (Wildman–Crippen MR) is 63.8 cm³/mol. The van der Waals surface area contributed by atoms with Gasteiger partial charge in [0.15, 0.2) is 0 Å². The van der Waals surface area contributed by atoms with Crippen LogP contribution >= 0.6 is 0 Å². The molecule has 0 saturated heterocycles. The molecule has 1 heterocycles. The second-order valence-corrected chi connectivity index (χ2v) is 3.71. The van der Waals surface area contributed by atoms with Gasteiger partial charge < -0.3 is 19.4 Å². The molecule has 92 valence electrons. The first-order chi connectivity index (χ1) is 7.79. The van der Waals surface area contributed by atoms with Crippen molar-refractivity contribution in [3.8, 4) is 0 Å². The summed E-state index contributed by atoms with van der Waals surface area (Å²) in [6.45, 7) is 4.36. The molecule has 5 heteroatoms. The first kappa shape index (κ1) is 13.0. The topological polar surface area (TPSA) is 48.3 Å². The SMILES string of the molecule is COCCNc1nccn1C(C)CCOC. The lowest BCUT2D eigenvalue weighted by molar-refractivity contribution is 0.181. The van der Waals surface area contributed by atoms with Gasteiger partial charge in [-0.05, 0) is 13.3 Å². The Morgan fingerprint density at radius 1 is 1.38 bits per heavy atom. The Hall–Kier alpha value is -1.07. The zero-order chi connectivity index (χ0) is 11.8. The minimum absolute atomic E-state index is 0.382. The molecule has 16 heavy (non-hydrogen) atoms. The normalized spacial score (nSPS) is 12.7. The molecule has 0 radical (unpaired) electrons. The summed E-state index contributed by atoms with van der Waals surface area (Å²) in [5.74, 6) is 0.889. The van der Waals surface area contributed by atoms with Crippen LogP contribution in [0.2, 0.25) is 0 Å². The minimum Gasteiger partial charge on any atom is -0.385 e. The van der Waals surface area contributed by atoms with Crippen LogP contribution in [0.5, 0.6) is 0 Å². The van der Waals surface area contributed by atoms with E-state index in [1.807, 2.05) is 6.20 Å². The highest BCUT2D eigenvalue weighted by atomic mass is 16.5. The number of aromatic nitrogens is 2. The highest BCUT2D eigenvalue weighted by Gasteiger charge is 2.08. The lowest BCUT2D eigenvalue weighted by Gasteiger charge is -2.16. The second-order valence-electron chi connectivity index (χ2n) is 3.71. The van der Waals surface area contributed by atoms with Gasteiger partial charge in [0.1, 0.15) is 0 Å². The standard InChI is InChI=1S/C11H21N3O2/c1-10(4-8-15-2)14-7-5-12-11(14)13-6-9-16-3/h5,7,10H,4,6,8-9H2,1-3H3,(H,12,13). The Bertz CT molecular complexity index is 289. The molecule has 0 aromatic carbocycles. The number of ether oxygens (including phenoxy) is 2. The van der Waals surface area contributed by atoms with Crippen molar-refractivity contribution in [1.29, 1.82) is 0 Å². The summed E-state index contributed by atoms with van der Waals surface area (Å²) >= 11 is 0. The summed E-state index contributed by atoms with van der Waals surface area (Å²) in [6.07, 6.45) is 4.76. The molecule has 1 rings (SSSR count). The van der Waals surface area contributed by atoms with E-state index in [2.05, 4.69) is 21.8 Å². The van der Waals surface area contributed by atoms with E-state index in [1.54, 1.807) is 20.4 Å². The highest BCUT2D eigenvalue weighted by molar-refractivity contribution is 5.26. The van der Waals surface area contributed by atoms with E-state index in [9.17, 15) is 0 Å². The molecule has 1 atom stereocenters. The van der Waals surface area contributed by atoms with E-state index in [1.165, 1.54) is 0 Å². The Morgan fingerprint density at radius 3 is 2.81 bits per heavy atom. The maximum atomic E-state index is 5.07. The van der Waals surface area contributed by atoms with Crippen LogP contribution in [0.4, 0.5) is 5.95 Å². The van der Waals surface area contributed by atoms with E-state index in [-0.39, 0.29) is 0 Å². The summed E-state index contributed by atoms with van der Waals surface area (Å²) in [6, 6.07) is 0.382. The van der Waals surface area contributed by atoms with Crippen molar-refractivity contribution >= 4 is 5.95 Å². The van der Waals surface area contributed by atoms with Crippen molar-refractivity contribution in [3.63, 3.8) is 0 Å². The van der Waals surface area contributed by atoms with Gasteiger partial charge in [0.05, 0.1) is 6.61 Å². The third kappa shape index (κ3) is 3.83. The fraction of sp³-hybridized carbons (Fsp3) is 0.727. The zero-order valence-corrected chi connectivity index (χ0v) is 10.3. The van der Waals surface area contributed by atoms with Gasteiger partial charge in [0, 0.05) is 45.8 Å². The molecular formula is C11H21N3O2. The monoisotopic (exact) mass is 227 g/mol. The van der Waals surface area contributed by atoms with Gasteiger partial charge in [-0.3, -0.25) is 0 Å². The molecule has 0 spiro atoms. The van der Waals surface area contributed by atoms with Crippen molar-refractivity contribution in [2.75, 3.05) is 39.3 Å². The van der Waals surface area contributed by atoms with Crippen molar-refractivity contribution in [2.24, 2.45) is 0 Å². The molecule has 0 saturated carbocycles. The number of hydrogen-bond acceptors (Lipinski definition) is 4. The number of imidazole rings is 1. The first-order valence-corrected chi connectivity index (χ1v) is 5.54. The number of anilines is 1. The number of hydrogen-bond donors (Lipinski definition) is 1. The van der Waals surface area contributed by atoms with Crippen molar-refractivity contribution in [3.05, 3.63) is 12.4 Å². The number of rotatable bonds is 8. The van der Waals surface area contributed by atoms with E-state index in [0.717, 1.165) is 25.5 Å². The van der Waals surface area contributed by atoms with E-state index in [4.69, 9.17) is 9.47 Å². The summed E-state index contributed by atoms with van der Waals surface area (Å²) in [5.41, 5.74) is 0. The van der Waals surface area contributed by atoms with Crippen molar-refractivity contribution in [2.45, 2.75) is 19.4 Å². The predicted octanol–water partition coefficient (Wildman–Crippen LogP) is 1.54. The van der Waals surface area contributed by atoms with Crippen LogP contribution in [0.1, 0.15) is 19.4 Å². The molecule has 1 unspecified atom stereocenters. The molecule has 0 amide bonds. The van der Waals surface area contributed by atoms with E-state index >= 15 is 0 Å².